The van der Waals surface area contributed by atoms with E-state index in [1.54, 1.807) is 11.3 Å². The number of amides is 1. The predicted molar refractivity (Wildman–Crippen MR) is 127 cm³/mol. The van der Waals surface area contributed by atoms with Crippen molar-refractivity contribution in [3.8, 4) is 0 Å². The van der Waals surface area contributed by atoms with E-state index in [0.717, 1.165) is 30.2 Å². The Balaban J connectivity index is 1.45. The molecule has 3 aromatic rings. The lowest BCUT2D eigenvalue weighted by Gasteiger charge is -2.25. The van der Waals surface area contributed by atoms with Crippen molar-refractivity contribution < 1.29 is 9.72 Å². The molecule has 0 unspecified atom stereocenters. The van der Waals surface area contributed by atoms with Crippen molar-refractivity contribution >= 4 is 52.0 Å². The number of hydrogen-bond acceptors (Lipinski definition) is 7. The molecule has 8 nitrogen and oxygen atoms in total. The van der Waals surface area contributed by atoms with Gasteiger partial charge in [0.1, 0.15) is 5.82 Å². The van der Waals surface area contributed by atoms with E-state index in [1.165, 1.54) is 54.1 Å². The van der Waals surface area contributed by atoms with Crippen LogP contribution in [0.5, 0.6) is 0 Å². The normalized spacial score (nSPS) is 14.4. The Hall–Kier alpha value is -2.43. The number of nitro benzene ring substituents is 1. The molecule has 32 heavy (non-hydrogen) atoms. The Morgan fingerprint density at radius 3 is 2.78 bits per heavy atom. The Bertz CT molecular complexity index is 1100. The molecule has 2 aromatic heterocycles. The first-order valence-corrected chi connectivity index (χ1v) is 12.6. The summed E-state index contributed by atoms with van der Waals surface area (Å²) in [5.74, 6) is 0.807. The van der Waals surface area contributed by atoms with Gasteiger partial charge < -0.3 is 9.88 Å². The zero-order valence-corrected chi connectivity index (χ0v) is 19.6. The lowest BCUT2D eigenvalue weighted by Crippen LogP contribution is -2.18. The number of carbonyl (C=O) groups excluding carboxylic acids is 1. The number of hydrogen-bond donors (Lipinski definition) is 1. The van der Waals surface area contributed by atoms with Crippen molar-refractivity contribution in [2.24, 2.45) is 0 Å². The van der Waals surface area contributed by atoms with Crippen LogP contribution in [-0.4, -0.2) is 31.3 Å². The highest BCUT2D eigenvalue weighted by atomic mass is 35.5. The second-order valence-corrected chi connectivity index (χ2v) is 9.96. The molecule has 0 bridgehead atoms. The van der Waals surface area contributed by atoms with Crippen LogP contribution in [-0.2, 0) is 11.2 Å². The van der Waals surface area contributed by atoms with Gasteiger partial charge in [0.25, 0.3) is 5.69 Å². The van der Waals surface area contributed by atoms with Crippen LogP contribution >= 0.6 is 34.7 Å². The molecule has 4 rings (SSSR count). The molecule has 1 saturated carbocycles. The number of rotatable bonds is 8. The number of halogens is 1. The fraction of sp³-hybridized carbons (Fsp3) is 0.381. The van der Waals surface area contributed by atoms with Crippen molar-refractivity contribution in [3.63, 3.8) is 0 Å². The van der Waals surface area contributed by atoms with Crippen LogP contribution in [0.25, 0.3) is 0 Å². The number of nitrogens with one attached hydrogen (secondary N) is 1. The Morgan fingerprint density at radius 2 is 2.09 bits per heavy atom. The van der Waals surface area contributed by atoms with Crippen molar-refractivity contribution in [1.29, 1.82) is 0 Å². The maximum atomic E-state index is 12.5. The van der Waals surface area contributed by atoms with Gasteiger partial charge >= 0.3 is 0 Å². The van der Waals surface area contributed by atoms with Crippen LogP contribution in [0.3, 0.4) is 0 Å². The largest absolute Gasteiger partial charge is 0.324 e. The van der Waals surface area contributed by atoms with Crippen LogP contribution in [0, 0.1) is 10.1 Å². The van der Waals surface area contributed by atoms with Gasteiger partial charge in [-0.05, 0) is 30.4 Å². The summed E-state index contributed by atoms with van der Waals surface area (Å²) in [6.45, 7) is 0. The van der Waals surface area contributed by atoms with E-state index < -0.39 is 4.92 Å². The predicted octanol–water partition coefficient (Wildman–Crippen LogP) is 5.73. The number of anilines is 1. The third-order valence-corrected chi connectivity index (χ3v) is 7.49. The fourth-order valence-electron chi connectivity index (χ4n) is 3.84. The zero-order chi connectivity index (χ0) is 22.5. The average molecular weight is 492 g/mol. The summed E-state index contributed by atoms with van der Waals surface area (Å²) in [6.07, 6.45) is 6.53. The number of thiophene rings is 1. The van der Waals surface area contributed by atoms with Gasteiger partial charge in [-0.2, -0.15) is 0 Å². The molecule has 0 aliphatic heterocycles. The average Bonchev–Trinajstić information content (AvgIpc) is 3.44. The first-order valence-electron chi connectivity index (χ1n) is 10.3. The summed E-state index contributed by atoms with van der Waals surface area (Å²) < 4.78 is 2.22. The molecule has 1 fully saturated rings. The number of aromatic nitrogens is 3. The minimum Gasteiger partial charge on any atom is -0.324 e. The summed E-state index contributed by atoms with van der Waals surface area (Å²) in [5.41, 5.74) is 0.219. The van der Waals surface area contributed by atoms with E-state index >= 15 is 0 Å². The molecule has 168 valence electrons. The van der Waals surface area contributed by atoms with Gasteiger partial charge in [0.05, 0.1) is 21.4 Å². The van der Waals surface area contributed by atoms with Crippen molar-refractivity contribution in [1.82, 2.24) is 14.8 Å². The van der Waals surface area contributed by atoms with Gasteiger partial charge in [-0.25, -0.2) is 0 Å². The zero-order valence-electron chi connectivity index (χ0n) is 17.2. The number of carbonyl (C=O) groups is 1. The number of thioether (sulfide) groups is 1. The molecule has 1 amide bonds. The van der Waals surface area contributed by atoms with Crippen LogP contribution in [0.2, 0.25) is 5.02 Å². The summed E-state index contributed by atoms with van der Waals surface area (Å²) in [7, 11) is 0. The summed E-state index contributed by atoms with van der Waals surface area (Å²) >= 11 is 9.13. The highest BCUT2D eigenvalue weighted by Gasteiger charge is 2.24. The molecule has 11 heteroatoms. The number of nitro groups is 1. The van der Waals surface area contributed by atoms with Gasteiger partial charge in [0.2, 0.25) is 5.91 Å². The molecule has 0 spiro atoms. The highest BCUT2D eigenvalue weighted by Crippen LogP contribution is 2.34. The monoisotopic (exact) mass is 491 g/mol. The van der Waals surface area contributed by atoms with E-state index in [1.807, 2.05) is 6.07 Å². The SMILES string of the molecule is O=C(CSc1nnc(Cc2cccs2)n1C1CCCCC1)Nc1ccc([N+](=O)[O-])cc1Cl. The van der Waals surface area contributed by atoms with Crippen molar-refractivity contribution in [2.45, 2.75) is 49.7 Å². The van der Waals surface area contributed by atoms with E-state index in [4.69, 9.17) is 11.6 Å². The van der Waals surface area contributed by atoms with Gasteiger partial charge in [0, 0.05) is 29.5 Å². The summed E-state index contributed by atoms with van der Waals surface area (Å²) in [6, 6.07) is 8.45. The Labute approximate surface area is 198 Å². The maximum absolute atomic E-state index is 12.5. The third kappa shape index (κ3) is 5.48. The highest BCUT2D eigenvalue weighted by molar-refractivity contribution is 7.99. The van der Waals surface area contributed by atoms with E-state index in [2.05, 4.69) is 31.5 Å². The van der Waals surface area contributed by atoms with Crippen LogP contribution in [0.4, 0.5) is 11.4 Å². The quantitative estimate of drug-likeness (QED) is 0.245. The molecular weight excluding hydrogens is 470 g/mol. The lowest BCUT2D eigenvalue weighted by atomic mass is 9.95. The minimum absolute atomic E-state index is 0.124. The lowest BCUT2D eigenvalue weighted by molar-refractivity contribution is -0.384. The first-order chi connectivity index (χ1) is 15.5. The fourth-order valence-corrected chi connectivity index (χ4v) is 5.58. The van der Waals surface area contributed by atoms with Crippen LogP contribution in [0.1, 0.15) is 48.8 Å². The molecule has 0 saturated heterocycles. The van der Waals surface area contributed by atoms with Crippen LogP contribution < -0.4 is 5.32 Å². The Morgan fingerprint density at radius 1 is 1.28 bits per heavy atom. The smallest absolute Gasteiger partial charge is 0.271 e. The molecule has 1 N–H and O–H groups in total. The summed E-state index contributed by atoms with van der Waals surface area (Å²) in [5, 5.41) is 25.3. The van der Waals surface area contributed by atoms with Crippen molar-refractivity contribution in [3.05, 3.63) is 61.6 Å². The van der Waals surface area contributed by atoms with Gasteiger partial charge in [0.15, 0.2) is 5.16 Å². The second-order valence-electron chi connectivity index (χ2n) is 7.57. The van der Waals surface area contributed by atoms with E-state index in [-0.39, 0.29) is 22.4 Å². The number of nitrogens with zero attached hydrogens (tertiary/aromatic N) is 4. The molecule has 0 radical (unpaired) electrons. The Kier molecular flexibility index (Phi) is 7.44. The van der Waals surface area contributed by atoms with Gasteiger partial charge in [-0.3, -0.25) is 14.9 Å². The van der Waals surface area contributed by atoms with Crippen LogP contribution in [0.15, 0.2) is 40.9 Å². The van der Waals surface area contributed by atoms with E-state index in [9.17, 15) is 14.9 Å². The van der Waals surface area contributed by atoms with Gasteiger partial charge in [-0.15, -0.1) is 21.5 Å². The third-order valence-electron chi connectivity index (χ3n) is 5.36. The topological polar surface area (TPSA) is 103 Å². The first kappa shape index (κ1) is 22.8. The van der Waals surface area contributed by atoms with E-state index in [0.29, 0.717) is 11.7 Å². The molecule has 2 heterocycles. The minimum atomic E-state index is -0.529. The molecule has 1 aliphatic rings. The molecule has 0 atom stereocenters. The maximum Gasteiger partial charge on any atom is 0.271 e. The summed E-state index contributed by atoms with van der Waals surface area (Å²) in [4.78, 5) is 24.1. The molecule has 1 aromatic carbocycles. The van der Waals surface area contributed by atoms with Crippen molar-refractivity contribution in [2.75, 3.05) is 11.1 Å². The second kappa shape index (κ2) is 10.5. The standard InChI is InChI=1S/C21H22ClN5O3S2/c22-17-11-15(27(29)30)8-9-18(17)23-20(28)13-32-21-25-24-19(12-16-7-4-10-31-16)26(21)14-5-2-1-3-6-14/h4,7-11,14H,1-3,5-6,12-13H2,(H,23,28). The number of non-ortho nitro benzene ring substituents is 1. The van der Waals surface area contributed by atoms with Gasteiger partial charge in [-0.1, -0.05) is 48.7 Å². The molecular formula is C21H22ClN5O3S2. The number of benzene rings is 1. The molecule has 1 aliphatic carbocycles.